The summed E-state index contributed by atoms with van der Waals surface area (Å²) >= 11 is 1.27. The maximum absolute atomic E-state index is 13.0. The summed E-state index contributed by atoms with van der Waals surface area (Å²) in [5.74, 6) is 0.471. The Morgan fingerprint density at radius 3 is 3.04 bits per heavy atom. The van der Waals surface area contributed by atoms with Crippen LogP contribution < -0.4 is 5.56 Å². The van der Waals surface area contributed by atoms with E-state index in [9.17, 15) is 9.59 Å². The molecular weight excluding hydrogens is 374 g/mol. The summed E-state index contributed by atoms with van der Waals surface area (Å²) in [7, 11) is 0. The van der Waals surface area contributed by atoms with Gasteiger partial charge >= 0.3 is 5.97 Å². The minimum absolute atomic E-state index is 0.0220. The zero-order valence-corrected chi connectivity index (χ0v) is 16.8. The molecule has 6 nitrogen and oxygen atoms in total. The second-order valence-electron chi connectivity index (χ2n) is 7.13. The Hall–Kier alpha value is -2.54. The Morgan fingerprint density at radius 2 is 2.21 bits per heavy atom. The average Bonchev–Trinajstić information content (AvgIpc) is 2.88. The molecule has 0 aromatic carbocycles. The van der Waals surface area contributed by atoms with E-state index in [1.165, 1.54) is 11.3 Å². The van der Waals surface area contributed by atoms with Crippen LogP contribution in [0.1, 0.15) is 52.3 Å². The molecule has 0 saturated heterocycles. The number of hydrogen-bond acceptors (Lipinski definition) is 6. The van der Waals surface area contributed by atoms with E-state index in [2.05, 4.69) is 4.98 Å². The van der Waals surface area contributed by atoms with Gasteiger partial charge in [0.2, 0.25) is 0 Å². The van der Waals surface area contributed by atoms with E-state index < -0.39 is 0 Å². The number of esters is 1. The van der Waals surface area contributed by atoms with E-state index in [4.69, 9.17) is 9.72 Å². The fourth-order valence-electron chi connectivity index (χ4n) is 3.66. The highest BCUT2D eigenvalue weighted by molar-refractivity contribution is 7.20. The first kappa shape index (κ1) is 18.8. The molecular formula is C21H23N3O3S. The van der Waals surface area contributed by atoms with Crippen LogP contribution >= 0.6 is 11.3 Å². The maximum atomic E-state index is 13.0. The van der Waals surface area contributed by atoms with Crippen molar-refractivity contribution in [1.29, 1.82) is 0 Å². The molecule has 0 amide bonds. The van der Waals surface area contributed by atoms with Crippen LogP contribution in [0.2, 0.25) is 0 Å². The van der Waals surface area contributed by atoms with Crippen LogP contribution in [-0.4, -0.2) is 27.1 Å². The third-order valence-electron chi connectivity index (χ3n) is 5.16. The van der Waals surface area contributed by atoms with Crippen molar-refractivity contribution in [3.63, 3.8) is 0 Å². The van der Waals surface area contributed by atoms with Crippen LogP contribution in [0, 0.1) is 6.92 Å². The summed E-state index contributed by atoms with van der Waals surface area (Å²) in [5.41, 5.74) is 1.79. The lowest BCUT2D eigenvalue weighted by atomic mass is 10.2. The highest BCUT2D eigenvalue weighted by Crippen LogP contribution is 2.29. The molecule has 4 rings (SSSR count). The lowest BCUT2D eigenvalue weighted by Gasteiger charge is -2.08. The van der Waals surface area contributed by atoms with Crippen LogP contribution in [0.5, 0.6) is 0 Å². The van der Waals surface area contributed by atoms with Crippen LogP contribution in [0.4, 0.5) is 0 Å². The maximum Gasteiger partial charge on any atom is 0.348 e. The summed E-state index contributed by atoms with van der Waals surface area (Å²) in [6, 6.07) is 3.91. The smallest absolute Gasteiger partial charge is 0.348 e. The number of aryl methyl sites for hydroxylation is 3. The molecule has 0 atom stereocenters. The monoisotopic (exact) mass is 397 g/mol. The number of carbonyl (C=O) groups excluding carboxylic acids is 1. The van der Waals surface area contributed by atoms with E-state index in [0.29, 0.717) is 33.8 Å². The average molecular weight is 398 g/mol. The Kier molecular flexibility index (Phi) is 5.52. The molecule has 0 bridgehead atoms. The van der Waals surface area contributed by atoms with Gasteiger partial charge in [0.1, 0.15) is 15.5 Å². The van der Waals surface area contributed by atoms with Gasteiger partial charge in [0.05, 0.1) is 12.0 Å². The quantitative estimate of drug-likeness (QED) is 0.485. The molecule has 1 aliphatic rings. The molecule has 0 radical (unpaired) electrons. The molecule has 0 N–H and O–H groups in total. The fourth-order valence-corrected chi connectivity index (χ4v) is 4.74. The highest BCUT2D eigenvalue weighted by Gasteiger charge is 2.22. The predicted octanol–water partition coefficient (Wildman–Crippen LogP) is 3.68. The summed E-state index contributed by atoms with van der Waals surface area (Å²) in [5, 5.41) is 0.568. The number of pyridine rings is 1. The molecule has 1 aliphatic heterocycles. The third kappa shape index (κ3) is 3.71. The number of ether oxygens (including phenoxy) is 1. The topological polar surface area (TPSA) is 74.1 Å². The highest BCUT2D eigenvalue weighted by atomic mass is 32.1. The van der Waals surface area contributed by atoms with Gasteiger partial charge < -0.3 is 4.74 Å². The molecule has 3 aromatic heterocycles. The summed E-state index contributed by atoms with van der Waals surface area (Å²) in [6.07, 6.45) is 9.08. The largest absolute Gasteiger partial charge is 0.461 e. The third-order valence-corrected chi connectivity index (χ3v) is 6.33. The van der Waals surface area contributed by atoms with Gasteiger partial charge in [0.25, 0.3) is 5.56 Å². The summed E-state index contributed by atoms with van der Waals surface area (Å²) in [4.78, 5) is 35.5. The van der Waals surface area contributed by atoms with Crippen molar-refractivity contribution in [3.8, 4) is 0 Å². The second-order valence-corrected chi connectivity index (χ2v) is 8.13. The normalized spacial score (nSPS) is 13.9. The number of fused-ring (bicyclic) bond motifs is 2. The number of thiophene rings is 1. The SMILES string of the molecule is Cc1c(C(=O)OCCCc2cccnc2)sc2nc3n(c(=O)c12)CCCCC3. The number of hydrogen-bond donors (Lipinski definition) is 0. The first-order valence-electron chi connectivity index (χ1n) is 9.74. The van der Waals surface area contributed by atoms with E-state index in [1.54, 1.807) is 10.8 Å². The summed E-state index contributed by atoms with van der Waals surface area (Å²) in [6.45, 7) is 2.86. The molecule has 146 valence electrons. The van der Waals surface area contributed by atoms with Crippen molar-refractivity contribution in [2.75, 3.05) is 6.61 Å². The van der Waals surface area contributed by atoms with Crippen molar-refractivity contribution in [1.82, 2.24) is 14.5 Å². The fraction of sp³-hybridized carbons (Fsp3) is 0.429. The predicted molar refractivity (Wildman–Crippen MR) is 109 cm³/mol. The Balaban J connectivity index is 1.50. The lowest BCUT2D eigenvalue weighted by molar-refractivity contribution is 0.0505. The number of aromatic nitrogens is 3. The first-order valence-corrected chi connectivity index (χ1v) is 10.6. The van der Waals surface area contributed by atoms with Gasteiger partial charge in [-0.1, -0.05) is 12.5 Å². The van der Waals surface area contributed by atoms with Crippen molar-refractivity contribution >= 4 is 27.5 Å². The summed E-state index contributed by atoms with van der Waals surface area (Å²) < 4.78 is 7.25. The molecule has 0 spiro atoms. The number of nitrogens with zero attached hydrogens (tertiary/aromatic N) is 3. The molecule has 4 heterocycles. The lowest BCUT2D eigenvalue weighted by Crippen LogP contribution is -2.24. The molecule has 0 aliphatic carbocycles. The van der Waals surface area contributed by atoms with Gasteiger partial charge in [-0.15, -0.1) is 11.3 Å². The zero-order chi connectivity index (χ0) is 19.5. The Bertz CT molecular complexity index is 1060. The van der Waals surface area contributed by atoms with Crippen LogP contribution in [-0.2, 0) is 24.1 Å². The molecule has 0 saturated carbocycles. The molecule has 7 heteroatoms. The first-order chi connectivity index (χ1) is 13.6. The second kappa shape index (κ2) is 8.22. The zero-order valence-electron chi connectivity index (χ0n) is 15.9. The molecule has 3 aromatic rings. The number of carbonyl (C=O) groups is 1. The molecule has 28 heavy (non-hydrogen) atoms. The molecule has 0 unspecified atom stereocenters. The Morgan fingerprint density at radius 1 is 1.32 bits per heavy atom. The van der Waals surface area contributed by atoms with Gasteiger partial charge in [-0.2, -0.15) is 0 Å². The molecule has 0 fully saturated rings. The van der Waals surface area contributed by atoms with Crippen molar-refractivity contribution < 1.29 is 9.53 Å². The van der Waals surface area contributed by atoms with E-state index >= 15 is 0 Å². The minimum Gasteiger partial charge on any atom is -0.461 e. The van der Waals surface area contributed by atoms with Crippen LogP contribution in [0.3, 0.4) is 0 Å². The Labute approximate surface area is 167 Å². The standard InChI is InChI=1S/C21H23N3O3S/c1-14-17-19(23-16-9-3-2-4-11-24(16)20(17)25)28-18(14)21(26)27-12-6-8-15-7-5-10-22-13-15/h5,7,10,13H,2-4,6,8-9,11-12H2,1H3. The van der Waals surface area contributed by atoms with Crippen LogP contribution in [0.15, 0.2) is 29.3 Å². The van der Waals surface area contributed by atoms with Gasteiger partial charge in [0, 0.05) is 25.4 Å². The number of rotatable bonds is 5. The van der Waals surface area contributed by atoms with E-state index in [0.717, 1.165) is 49.9 Å². The van der Waals surface area contributed by atoms with E-state index in [-0.39, 0.29) is 11.5 Å². The van der Waals surface area contributed by atoms with Gasteiger partial charge in [-0.05, 0) is 49.8 Å². The van der Waals surface area contributed by atoms with Crippen molar-refractivity contribution in [3.05, 3.63) is 56.7 Å². The minimum atomic E-state index is -0.369. The van der Waals surface area contributed by atoms with Crippen molar-refractivity contribution in [2.24, 2.45) is 0 Å². The van der Waals surface area contributed by atoms with Gasteiger partial charge in [-0.25, -0.2) is 9.78 Å². The van der Waals surface area contributed by atoms with E-state index in [1.807, 2.05) is 25.3 Å². The van der Waals surface area contributed by atoms with Crippen molar-refractivity contribution in [2.45, 2.75) is 52.0 Å². The van der Waals surface area contributed by atoms with Gasteiger partial charge in [-0.3, -0.25) is 14.3 Å². The van der Waals surface area contributed by atoms with Gasteiger partial charge in [0.15, 0.2) is 0 Å². The van der Waals surface area contributed by atoms with Crippen LogP contribution in [0.25, 0.3) is 10.2 Å².